The third kappa shape index (κ3) is 2.50. The molecule has 0 spiro atoms. The Labute approximate surface area is 118 Å². The number of rotatable bonds is 3. The number of aliphatic hydroxyl groups is 1. The van der Waals surface area contributed by atoms with Crippen LogP contribution in [0.2, 0.25) is 0 Å². The first-order valence-corrected chi connectivity index (χ1v) is 6.13. The summed E-state index contributed by atoms with van der Waals surface area (Å²) in [6.45, 7) is -0.450. The van der Waals surface area contributed by atoms with E-state index in [0.29, 0.717) is 5.56 Å². The Balaban J connectivity index is 2.05. The molecule has 3 rings (SSSR count). The molecule has 1 aromatic heterocycles. The topological polar surface area (TPSA) is 63.8 Å². The largest absolute Gasteiger partial charge is 0.392 e. The van der Waals surface area contributed by atoms with Gasteiger partial charge in [-0.25, -0.2) is 8.78 Å². The van der Waals surface area contributed by atoms with Gasteiger partial charge in [-0.3, -0.25) is 0 Å². The number of aromatic nitrogens is 4. The fourth-order valence-corrected chi connectivity index (χ4v) is 1.91. The smallest absolute Gasteiger partial charge is 0.205 e. The first-order chi connectivity index (χ1) is 10.2. The van der Waals surface area contributed by atoms with Crippen LogP contribution >= 0.6 is 0 Å². The van der Waals surface area contributed by atoms with E-state index in [1.807, 2.05) is 6.07 Å². The molecule has 0 saturated heterocycles. The normalized spacial score (nSPS) is 10.8. The van der Waals surface area contributed by atoms with Crippen LogP contribution < -0.4 is 0 Å². The van der Waals surface area contributed by atoms with Crippen molar-refractivity contribution in [3.05, 3.63) is 59.7 Å². The molecule has 0 radical (unpaired) electrons. The second-order valence-corrected chi connectivity index (χ2v) is 4.33. The lowest BCUT2D eigenvalue weighted by atomic mass is 10.2. The van der Waals surface area contributed by atoms with E-state index in [1.54, 1.807) is 24.3 Å². The summed E-state index contributed by atoms with van der Waals surface area (Å²) in [7, 11) is 0. The van der Waals surface area contributed by atoms with Crippen molar-refractivity contribution in [2.75, 3.05) is 0 Å². The monoisotopic (exact) mass is 288 g/mol. The molecule has 0 saturated carbocycles. The summed E-state index contributed by atoms with van der Waals surface area (Å²) in [6.07, 6.45) is 0. The summed E-state index contributed by atoms with van der Waals surface area (Å²) in [6, 6.07) is 11.0. The Morgan fingerprint density at radius 2 is 1.71 bits per heavy atom. The zero-order valence-electron chi connectivity index (χ0n) is 10.7. The lowest BCUT2D eigenvalue weighted by Crippen LogP contribution is -2.06. The minimum atomic E-state index is -0.865. The number of aliphatic hydroxyl groups excluding tert-OH is 1. The van der Waals surface area contributed by atoms with Gasteiger partial charge in [0.2, 0.25) is 5.82 Å². The maximum Gasteiger partial charge on any atom is 0.205 e. The highest BCUT2D eigenvalue weighted by molar-refractivity contribution is 5.53. The van der Waals surface area contributed by atoms with Gasteiger partial charge in [0, 0.05) is 5.56 Å². The first-order valence-electron chi connectivity index (χ1n) is 6.13. The molecular weight excluding hydrogens is 278 g/mol. The summed E-state index contributed by atoms with van der Waals surface area (Å²) in [4.78, 5) is 0.800. The van der Waals surface area contributed by atoms with Crippen LogP contribution in [0.4, 0.5) is 8.78 Å². The minimum absolute atomic E-state index is 0.136. The van der Waals surface area contributed by atoms with E-state index in [-0.39, 0.29) is 11.4 Å². The van der Waals surface area contributed by atoms with Crippen LogP contribution in [-0.4, -0.2) is 25.3 Å². The molecule has 0 aliphatic carbocycles. The third-order valence-corrected chi connectivity index (χ3v) is 2.90. The molecule has 2 aromatic carbocycles. The average Bonchev–Trinajstić information content (AvgIpc) is 2.97. The predicted octanol–water partition coefficient (Wildman–Crippen LogP) is 2.10. The van der Waals surface area contributed by atoms with Crippen molar-refractivity contribution in [2.24, 2.45) is 0 Å². The molecule has 5 nitrogen and oxygen atoms in total. The zero-order chi connectivity index (χ0) is 14.8. The third-order valence-electron chi connectivity index (χ3n) is 2.90. The van der Waals surface area contributed by atoms with Gasteiger partial charge in [0.1, 0.15) is 0 Å². The number of benzene rings is 2. The second-order valence-electron chi connectivity index (χ2n) is 4.33. The van der Waals surface area contributed by atoms with Gasteiger partial charge in [0.25, 0.3) is 0 Å². The van der Waals surface area contributed by atoms with Crippen molar-refractivity contribution in [3.63, 3.8) is 0 Å². The van der Waals surface area contributed by atoms with Crippen molar-refractivity contribution in [1.82, 2.24) is 20.2 Å². The van der Waals surface area contributed by atoms with Gasteiger partial charge in [-0.1, -0.05) is 30.3 Å². The number of nitrogens with zero attached hydrogens (tertiary/aromatic N) is 4. The Morgan fingerprint density at radius 1 is 1.05 bits per heavy atom. The predicted molar refractivity (Wildman–Crippen MR) is 70.4 cm³/mol. The molecule has 7 heteroatoms. The molecule has 0 unspecified atom stereocenters. The summed E-state index contributed by atoms with van der Waals surface area (Å²) in [5.74, 6) is -1.47. The SMILES string of the molecule is OCc1cc(F)c(-n2nnc(-c3ccccc3)n2)c(F)c1. The van der Waals surface area contributed by atoms with E-state index in [4.69, 9.17) is 5.11 Å². The van der Waals surface area contributed by atoms with Crippen molar-refractivity contribution in [2.45, 2.75) is 6.61 Å². The van der Waals surface area contributed by atoms with Gasteiger partial charge in [-0.05, 0) is 22.9 Å². The van der Waals surface area contributed by atoms with Crippen LogP contribution in [0.1, 0.15) is 5.56 Å². The highest BCUT2D eigenvalue weighted by Crippen LogP contribution is 2.20. The van der Waals surface area contributed by atoms with E-state index in [0.717, 1.165) is 16.9 Å². The van der Waals surface area contributed by atoms with E-state index in [1.165, 1.54) is 0 Å². The molecule has 3 aromatic rings. The van der Waals surface area contributed by atoms with Crippen molar-refractivity contribution in [1.29, 1.82) is 0 Å². The second kappa shape index (κ2) is 5.37. The van der Waals surface area contributed by atoms with Gasteiger partial charge in [-0.15, -0.1) is 15.0 Å². The lowest BCUT2D eigenvalue weighted by Gasteiger charge is -2.04. The first kappa shape index (κ1) is 13.3. The Bertz CT molecular complexity index is 751. The quantitative estimate of drug-likeness (QED) is 0.801. The average molecular weight is 288 g/mol. The Morgan fingerprint density at radius 3 is 2.33 bits per heavy atom. The molecule has 1 heterocycles. The van der Waals surface area contributed by atoms with E-state index < -0.39 is 23.9 Å². The maximum atomic E-state index is 13.9. The molecule has 0 bridgehead atoms. The summed E-state index contributed by atoms with van der Waals surface area (Å²) < 4.78 is 27.8. The minimum Gasteiger partial charge on any atom is -0.392 e. The van der Waals surface area contributed by atoms with Gasteiger partial charge in [0.05, 0.1) is 6.61 Å². The van der Waals surface area contributed by atoms with Crippen molar-refractivity contribution < 1.29 is 13.9 Å². The fourth-order valence-electron chi connectivity index (χ4n) is 1.91. The molecule has 21 heavy (non-hydrogen) atoms. The van der Waals surface area contributed by atoms with Gasteiger partial charge in [-0.2, -0.15) is 0 Å². The summed E-state index contributed by atoms with van der Waals surface area (Å²) in [5, 5.41) is 20.4. The standard InChI is InChI=1S/C14H10F2N4O/c15-11-6-9(8-21)7-12(16)13(11)20-18-14(17-19-20)10-4-2-1-3-5-10/h1-7,21H,8H2. The molecule has 0 amide bonds. The van der Waals surface area contributed by atoms with Gasteiger partial charge < -0.3 is 5.11 Å². The van der Waals surface area contributed by atoms with Crippen molar-refractivity contribution in [3.8, 4) is 17.1 Å². The highest BCUT2D eigenvalue weighted by Gasteiger charge is 2.16. The Kier molecular flexibility index (Phi) is 3.41. The highest BCUT2D eigenvalue weighted by atomic mass is 19.1. The number of hydrogen-bond donors (Lipinski definition) is 1. The molecule has 0 aliphatic heterocycles. The molecular formula is C14H10F2N4O. The molecule has 106 valence electrons. The van der Waals surface area contributed by atoms with E-state index in [2.05, 4.69) is 15.4 Å². The van der Waals surface area contributed by atoms with Gasteiger partial charge in [0.15, 0.2) is 17.3 Å². The maximum absolute atomic E-state index is 13.9. The van der Waals surface area contributed by atoms with Gasteiger partial charge >= 0.3 is 0 Å². The van der Waals surface area contributed by atoms with Crippen LogP contribution in [-0.2, 0) is 6.61 Å². The molecule has 1 N–H and O–H groups in total. The van der Waals surface area contributed by atoms with Crippen LogP contribution in [0.25, 0.3) is 17.1 Å². The van der Waals surface area contributed by atoms with Crippen LogP contribution in [0, 0.1) is 11.6 Å². The molecule has 0 atom stereocenters. The summed E-state index contributed by atoms with van der Waals surface area (Å²) >= 11 is 0. The fraction of sp³-hybridized carbons (Fsp3) is 0.0714. The lowest BCUT2D eigenvalue weighted by molar-refractivity contribution is 0.280. The van der Waals surface area contributed by atoms with Crippen molar-refractivity contribution >= 4 is 0 Å². The zero-order valence-corrected chi connectivity index (χ0v) is 10.7. The van der Waals surface area contributed by atoms with E-state index in [9.17, 15) is 8.78 Å². The number of tetrazole rings is 1. The van der Waals surface area contributed by atoms with Crippen LogP contribution in [0.15, 0.2) is 42.5 Å². The number of halogens is 2. The van der Waals surface area contributed by atoms with E-state index >= 15 is 0 Å². The summed E-state index contributed by atoms with van der Waals surface area (Å²) in [5.41, 5.74) is 0.399. The van der Waals surface area contributed by atoms with Crippen LogP contribution in [0.3, 0.4) is 0 Å². The molecule has 0 fully saturated rings. The number of hydrogen-bond acceptors (Lipinski definition) is 4. The van der Waals surface area contributed by atoms with Crippen LogP contribution in [0.5, 0.6) is 0 Å². The Hall–Kier alpha value is -2.67. The molecule has 0 aliphatic rings.